The smallest absolute Gasteiger partial charge is 0.305 e. The molecule has 0 aliphatic rings. The van der Waals surface area contributed by atoms with E-state index in [-0.39, 0.29) is 18.5 Å². The fraction of sp³-hybridized carbons (Fsp3) is 0.925. The summed E-state index contributed by atoms with van der Waals surface area (Å²) in [7, 11) is 0. The average molecular weight is 1210 g/mol. The van der Waals surface area contributed by atoms with Gasteiger partial charge in [-0.3, -0.25) is 9.59 Å². The molecular formula is C80H155NO5. The van der Waals surface area contributed by atoms with Crippen molar-refractivity contribution in [3.63, 3.8) is 0 Å². The summed E-state index contributed by atoms with van der Waals surface area (Å²) in [6.45, 7) is 4.98. The van der Waals surface area contributed by atoms with Crippen molar-refractivity contribution in [3.05, 3.63) is 24.3 Å². The predicted octanol–water partition coefficient (Wildman–Crippen LogP) is 26.0. The lowest BCUT2D eigenvalue weighted by Gasteiger charge is -2.22. The summed E-state index contributed by atoms with van der Waals surface area (Å²) in [6.07, 6.45) is 97.0. The minimum absolute atomic E-state index is 0.00936. The average Bonchev–Trinajstić information content (AvgIpc) is 3.55. The van der Waals surface area contributed by atoms with Crippen LogP contribution in [0.5, 0.6) is 0 Å². The van der Waals surface area contributed by atoms with Crippen molar-refractivity contribution in [2.75, 3.05) is 13.2 Å². The lowest BCUT2D eigenvalue weighted by atomic mass is 10.0. The number of hydrogen-bond acceptors (Lipinski definition) is 5. The van der Waals surface area contributed by atoms with Crippen LogP contribution in [-0.2, 0) is 14.3 Å². The fourth-order valence-electron chi connectivity index (χ4n) is 12.7. The van der Waals surface area contributed by atoms with Gasteiger partial charge in [-0.05, 0) is 77.0 Å². The van der Waals surface area contributed by atoms with E-state index in [0.717, 1.165) is 44.9 Å². The van der Waals surface area contributed by atoms with Crippen molar-refractivity contribution in [2.24, 2.45) is 0 Å². The van der Waals surface area contributed by atoms with E-state index in [9.17, 15) is 19.8 Å². The van der Waals surface area contributed by atoms with Gasteiger partial charge in [0.2, 0.25) is 5.91 Å². The lowest BCUT2D eigenvalue weighted by molar-refractivity contribution is -0.143. The number of unbranched alkanes of at least 4 members (excludes halogenated alkanes) is 60. The van der Waals surface area contributed by atoms with Gasteiger partial charge in [-0.15, -0.1) is 0 Å². The van der Waals surface area contributed by atoms with Gasteiger partial charge in [0.05, 0.1) is 25.4 Å². The van der Waals surface area contributed by atoms with E-state index in [0.29, 0.717) is 25.9 Å². The molecule has 0 heterocycles. The number of esters is 1. The summed E-state index contributed by atoms with van der Waals surface area (Å²) in [5.41, 5.74) is 0. The minimum Gasteiger partial charge on any atom is -0.466 e. The number of amides is 1. The molecule has 0 saturated carbocycles. The van der Waals surface area contributed by atoms with E-state index in [2.05, 4.69) is 43.5 Å². The highest BCUT2D eigenvalue weighted by Gasteiger charge is 2.20. The van der Waals surface area contributed by atoms with Crippen molar-refractivity contribution in [2.45, 2.75) is 463 Å². The third-order valence-electron chi connectivity index (χ3n) is 18.7. The SMILES string of the molecule is CCCCCC/C=C\CCCCCCCC(=O)OCCCCCCCCCCCCCC/C=C\CCCCCCCCCCCCCCCCCC(=O)NC(CO)C(O)CCCCCCCCCCCCCCCCCCCCCCCCCCC. The van der Waals surface area contributed by atoms with Crippen LogP contribution >= 0.6 is 0 Å². The maximum Gasteiger partial charge on any atom is 0.305 e. The number of carbonyl (C=O) groups is 2. The Bertz CT molecular complexity index is 1350. The fourth-order valence-corrected chi connectivity index (χ4v) is 12.7. The van der Waals surface area contributed by atoms with Crippen LogP contribution in [0.15, 0.2) is 24.3 Å². The summed E-state index contributed by atoms with van der Waals surface area (Å²) >= 11 is 0. The second-order valence-corrected chi connectivity index (χ2v) is 27.4. The predicted molar refractivity (Wildman–Crippen MR) is 380 cm³/mol. The van der Waals surface area contributed by atoms with Gasteiger partial charge in [0.25, 0.3) is 0 Å². The number of aliphatic hydroxyl groups excluding tert-OH is 2. The van der Waals surface area contributed by atoms with E-state index in [1.165, 1.54) is 372 Å². The van der Waals surface area contributed by atoms with Gasteiger partial charge < -0.3 is 20.3 Å². The molecule has 2 atom stereocenters. The molecule has 3 N–H and O–H groups in total. The number of rotatable bonds is 75. The highest BCUT2D eigenvalue weighted by molar-refractivity contribution is 5.76. The zero-order chi connectivity index (χ0) is 62.0. The van der Waals surface area contributed by atoms with Crippen molar-refractivity contribution >= 4 is 11.9 Å². The second kappa shape index (κ2) is 75.8. The molecule has 0 spiro atoms. The van der Waals surface area contributed by atoms with Gasteiger partial charge in [0, 0.05) is 12.8 Å². The molecule has 0 rings (SSSR count). The number of aliphatic hydroxyl groups is 2. The molecule has 0 aromatic carbocycles. The van der Waals surface area contributed by atoms with Gasteiger partial charge in [-0.1, -0.05) is 385 Å². The largest absolute Gasteiger partial charge is 0.466 e. The first-order chi connectivity index (χ1) is 42.5. The highest BCUT2D eigenvalue weighted by Crippen LogP contribution is 2.20. The van der Waals surface area contributed by atoms with Crippen LogP contribution < -0.4 is 5.32 Å². The third-order valence-corrected chi connectivity index (χ3v) is 18.7. The van der Waals surface area contributed by atoms with Crippen molar-refractivity contribution in [1.29, 1.82) is 0 Å². The number of ether oxygens (including phenoxy) is 1. The number of allylic oxidation sites excluding steroid dienone is 4. The number of carbonyl (C=O) groups excluding carboxylic acids is 2. The molecule has 86 heavy (non-hydrogen) atoms. The molecule has 1 amide bonds. The second-order valence-electron chi connectivity index (χ2n) is 27.4. The quantitative estimate of drug-likeness (QED) is 0.0320. The normalized spacial score (nSPS) is 12.6. The first kappa shape index (κ1) is 84.3. The van der Waals surface area contributed by atoms with Gasteiger partial charge >= 0.3 is 5.97 Å². The summed E-state index contributed by atoms with van der Waals surface area (Å²) in [5, 5.41) is 23.5. The summed E-state index contributed by atoms with van der Waals surface area (Å²) < 4.78 is 5.48. The van der Waals surface area contributed by atoms with Crippen LogP contribution in [0.25, 0.3) is 0 Å². The summed E-state index contributed by atoms with van der Waals surface area (Å²) in [4.78, 5) is 24.6. The topological polar surface area (TPSA) is 95.9 Å². The molecule has 0 bridgehead atoms. The zero-order valence-electron chi connectivity index (χ0n) is 58.6. The Kier molecular flexibility index (Phi) is 74.3. The van der Waals surface area contributed by atoms with Gasteiger partial charge in [-0.2, -0.15) is 0 Å². The third kappa shape index (κ3) is 71.4. The molecule has 0 aromatic heterocycles. The van der Waals surface area contributed by atoms with E-state index in [1.54, 1.807) is 0 Å². The van der Waals surface area contributed by atoms with E-state index >= 15 is 0 Å². The number of nitrogens with one attached hydrogen (secondary N) is 1. The zero-order valence-corrected chi connectivity index (χ0v) is 58.6. The van der Waals surface area contributed by atoms with Gasteiger partial charge in [-0.25, -0.2) is 0 Å². The Labute approximate surface area is 539 Å². The Morgan fingerprint density at radius 1 is 0.314 bits per heavy atom. The molecule has 2 unspecified atom stereocenters. The molecule has 0 fully saturated rings. The lowest BCUT2D eigenvalue weighted by Crippen LogP contribution is -2.45. The Hall–Kier alpha value is -1.66. The Balaban J connectivity index is 3.36. The van der Waals surface area contributed by atoms with E-state index < -0.39 is 12.1 Å². The maximum absolute atomic E-state index is 12.6. The van der Waals surface area contributed by atoms with Crippen LogP contribution in [0.1, 0.15) is 450 Å². The van der Waals surface area contributed by atoms with Crippen LogP contribution in [0.2, 0.25) is 0 Å². The van der Waals surface area contributed by atoms with Gasteiger partial charge in [0.15, 0.2) is 0 Å². The van der Waals surface area contributed by atoms with E-state index in [4.69, 9.17) is 4.74 Å². The molecule has 6 nitrogen and oxygen atoms in total. The van der Waals surface area contributed by atoms with E-state index in [1.807, 2.05) is 0 Å². The molecule has 0 aromatic rings. The van der Waals surface area contributed by atoms with Crippen molar-refractivity contribution in [1.82, 2.24) is 5.32 Å². The van der Waals surface area contributed by atoms with Crippen molar-refractivity contribution < 1.29 is 24.5 Å². The van der Waals surface area contributed by atoms with Crippen LogP contribution in [0.3, 0.4) is 0 Å². The molecule has 0 saturated heterocycles. The minimum atomic E-state index is -0.664. The molecule has 0 aliphatic carbocycles. The Morgan fingerprint density at radius 3 is 0.837 bits per heavy atom. The first-order valence-corrected chi connectivity index (χ1v) is 39.6. The molecule has 0 radical (unpaired) electrons. The molecule has 6 heteroatoms. The summed E-state index contributed by atoms with van der Waals surface area (Å²) in [5.74, 6) is -0.0177. The highest BCUT2D eigenvalue weighted by atomic mass is 16.5. The maximum atomic E-state index is 12.6. The molecular weight excluding hydrogens is 1050 g/mol. The van der Waals surface area contributed by atoms with Crippen molar-refractivity contribution in [3.8, 4) is 0 Å². The van der Waals surface area contributed by atoms with Gasteiger partial charge in [0.1, 0.15) is 0 Å². The Morgan fingerprint density at radius 2 is 0.547 bits per heavy atom. The van der Waals surface area contributed by atoms with Crippen LogP contribution in [0.4, 0.5) is 0 Å². The number of hydrogen-bond donors (Lipinski definition) is 3. The van der Waals surface area contributed by atoms with Crippen LogP contribution in [0, 0.1) is 0 Å². The molecule has 0 aliphatic heterocycles. The first-order valence-electron chi connectivity index (χ1n) is 39.6. The summed E-state index contributed by atoms with van der Waals surface area (Å²) in [6, 6.07) is -0.541. The standard InChI is InChI=1S/C80H155NO5/c1-3-5-7-9-11-13-15-17-18-19-20-21-22-30-33-36-39-42-45-49-52-56-60-64-68-72-78(83)77(76-82)81-79(84)73-69-65-61-57-53-50-46-43-40-37-34-31-28-26-24-23-25-27-29-32-35-38-41-44-47-51-55-59-63-67-71-75-86-80(85)74-70-66-62-58-54-48-16-14-12-10-8-6-4-2/h14,16,25,27,77-78,82-83H,3-13,15,17-24,26,28-76H2,1-2H3,(H,81,84)/b16-14-,27-25-. The molecule has 510 valence electrons. The van der Waals surface area contributed by atoms with Crippen LogP contribution in [-0.4, -0.2) is 47.4 Å². The monoisotopic (exact) mass is 1210 g/mol.